The van der Waals surface area contributed by atoms with Gasteiger partial charge in [-0.25, -0.2) is 9.98 Å². The van der Waals surface area contributed by atoms with Crippen molar-refractivity contribution in [1.82, 2.24) is 0 Å². The van der Waals surface area contributed by atoms with Crippen molar-refractivity contribution in [2.24, 2.45) is 15.9 Å². The van der Waals surface area contributed by atoms with Crippen molar-refractivity contribution < 1.29 is 9.47 Å². The molecule has 21 heavy (non-hydrogen) atoms. The van der Waals surface area contributed by atoms with Crippen molar-refractivity contribution in [1.29, 1.82) is 0 Å². The predicted octanol–water partition coefficient (Wildman–Crippen LogP) is 3.04. The van der Waals surface area contributed by atoms with E-state index in [1.807, 2.05) is 6.07 Å². The minimum Gasteiger partial charge on any atom is -0.483 e. The Labute approximate surface area is 125 Å². The molecule has 3 rings (SSSR count). The molecule has 1 saturated carbocycles. The molecular formula is C17H22N2O2. The van der Waals surface area contributed by atoms with Gasteiger partial charge in [0.1, 0.15) is 11.6 Å². The summed E-state index contributed by atoms with van der Waals surface area (Å²) in [6.45, 7) is 4.24. The first-order valence-corrected chi connectivity index (χ1v) is 7.43. The standard InChI is InChI=1S/C17H22N2O2/c1-11(2)14-15(20-3)19-17(16(18-14)21-4)10-13(17)12-8-6-5-7-9-12/h5-9,11,13-14H,10H2,1-4H3/t13-,14-,17-/m0/s1. The normalized spacial score (nSPS) is 30.9. The van der Waals surface area contributed by atoms with Gasteiger partial charge in [0.15, 0.2) is 0 Å². The minimum atomic E-state index is -0.354. The summed E-state index contributed by atoms with van der Waals surface area (Å²) < 4.78 is 11.1. The maximum absolute atomic E-state index is 5.58. The molecule has 4 heteroatoms. The third kappa shape index (κ3) is 2.23. The van der Waals surface area contributed by atoms with E-state index in [4.69, 9.17) is 19.5 Å². The van der Waals surface area contributed by atoms with Crippen LogP contribution in [0.2, 0.25) is 0 Å². The van der Waals surface area contributed by atoms with Gasteiger partial charge in [-0.3, -0.25) is 0 Å². The van der Waals surface area contributed by atoms with Gasteiger partial charge in [0, 0.05) is 5.92 Å². The zero-order valence-corrected chi connectivity index (χ0v) is 13.0. The maximum Gasteiger partial charge on any atom is 0.213 e. The van der Waals surface area contributed by atoms with E-state index in [0.717, 1.165) is 18.2 Å². The van der Waals surface area contributed by atoms with Crippen LogP contribution in [0, 0.1) is 5.92 Å². The molecule has 1 heterocycles. The van der Waals surface area contributed by atoms with Gasteiger partial charge in [0.2, 0.25) is 11.8 Å². The van der Waals surface area contributed by atoms with E-state index in [1.165, 1.54) is 5.56 Å². The fourth-order valence-electron chi connectivity index (χ4n) is 3.13. The van der Waals surface area contributed by atoms with E-state index in [0.29, 0.717) is 11.8 Å². The largest absolute Gasteiger partial charge is 0.483 e. The van der Waals surface area contributed by atoms with Crippen LogP contribution in [0.4, 0.5) is 0 Å². The molecule has 1 aromatic rings. The Morgan fingerprint density at radius 1 is 1.14 bits per heavy atom. The first kappa shape index (κ1) is 14.1. The Morgan fingerprint density at radius 3 is 2.43 bits per heavy atom. The monoisotopic (exact) mass is 286 g/mol. The Balaban J connectivity index is 1.96. The molecule has 112 valence electrons. The van der Waals surface area contributed by atoms with Gasteiger partial charge >= 0.3 is 0 Å². The lowest BCUT2D eigenvalue weighted by molar-refractivity contribution is 0.329. The molecular weight excluding hydrogens is 264 g/mol. The maximum atomic E-state index is 5.58. The molecule has 3 atom stereocenters. The van der Waals surface area contributed by atoms with Crippen molar-refractivity contribution in [2.75, 3.05) is 14.2 Å². The molecule has 0 unspecified atom stereocenters. The highest BCUT2D eigenvalue weighted by Crippen LogP contribution is 2.57. The lowest BCUT2D eigenvalue weighted by Crippen LogP contribution is -2.39. The van der Waals surface area contributed by atoms with Crippen molar-refractivity contribution in [3.8, 4) is 0 Å². The Hall–Kier alpha value is -1.84. The topological polar surface area (TPSA) is 43.2 Å². The number of hydrogen-bond acceptors (Lipinski definition) is 4. The van der Waals surface area contributed by atoms with Crippen LogP contribution in [0.5, 0.6) is 0 Å². The molecule has 1 spiro atoms. The van der Waals surface area contributed by atoms with Crippen LogP contribution < -0.4 is 0 Å². The van der Waals surface area contributed by atoms with Gasteiger partial charge in [-0.15, -0.1) is 0 Å². The third-order valence-electron chi connectivity index (χ3n) is 4.36. The van der Waals surface area contributed by atoms with Crippen LogP contribution in [0.3, 0.4) is 0 Å². The van der Waals surface area contributed by atoms with Crippen LogP contribution in [-0.4, -0.2) is 37.6 Å². The summed E-state index contributed by atoms with van der Waals surface area (Å²) in [5.74, 6) is 2.14. The van der Waals surface area contributed by atoms with Gasteiger partial charge in [-0.2, -0.15) is 0 Å². The number of rotatable bonds is 2. The van der Waals surface area contributed by atoms with Gasteiger partial charge in [-0.1, -0.05) is 44.2 Å². The summed E-state index contributed by atoms with van der Waals surface area (Å²) in [5, 5.41) is 0. The lowest BCUT2D eigenvalue weighted by atomic mass is 10.0. The molecule has 0 N–H and O–H groups in total. The predicted molar refractivity (Wildman–Crippen MR) is 84.0 cm³/mol. The van der Waals surface area contributed by atoms with E-state index >= 15 is 0 Å². The SMILES string of the molecule is COC1=N[C@]2(C[C@H]2c2ccccc2)C(OC)=N[C@H]1C(C)C. The van der Waals surface area contributed by atoms with E-state index < -0.39 is 0 Å². The Bertz CT molecular complexity index is 580. The zero-order valence-electron chi connectivity index (χ0n) is 13.0. The van der Waals surface area contributed by atoms with Crippen LogP contribution in [0.25, 0.3) is 0 Å². The van der Waals surface area contributed by atoms with Gasteiger partial charge in [-0.05, 0) is 17.9 Å². The summed E-state index contributed by atoms with van der Waals surface area (Å²) in [6.07, 6.45) is 0.932. The molecule has 2 aliphatic rings. The first-order chi connectivity index (χ1) is 10.1. The average Bonchev–Trinajstić information content (AvgIpc) is 3.22. The first-order valence-electron chi connectivity index (χ1n) is 7.43. The number of hydrogen-bond donors (Lipinski definition) is 0. The number of aliphatic imine (C=N–C) groups is 2. The summed E-state index contributed by atoms with van der Waals surface area (Å²) in [5.41, 5.74) is 0.928. The van der Waals surface area contributed by atoms with E-state index in [9.17, 15) is 0 Å². The second-order valence-electron chi connectivity index (χ2n) is 6.07. The fourth-order valence-corrected chi connectivity index (χ4v) is 3.13. The van der Waals surface area contributed by atoms with Crippen LogP contribution in [0.1, 0.15) is 31.7 Å². The van der Waals surface area contributed by atoms with Crippen LogP contribution in [-0.2, 0) is 9.47 Å². The van der Waals surface area contributed by atoms with Crippen LogP contribution >= 0.6 is 0 Å². The molecule has 1 aromatic carbocycles. The van der Waals surface area contributed by atoms with Gasteiger partial charge in [0.25, 0.3) is 0 Å². The molecule has 0 bridgehead atoms. The number of ether oxygens (including phenoxy) is 2. The van der Waals surface area contributed by atoms with Crippen molar-refractivity contribution in [2.45, 2.75) is 37.8 Å². The molecule has 1 aliphatic heterocycles. The van der Waals surface area contributed by atoms with E-state index in [1.54, 1.807) is 14.2 Å². The Morgan fingerprint density at radius 2 is 1.86 bits per heavy atom. The molecule has 4 nitrogen and oxygen atoms in total. The van der Waals surface area contributed by atoms with Crippen molar-refractivity contribution in [3.05, 3.63) is 35.9 Å². The quantitative estimate of drug-likeness (QED) is 0.838. The highest BCUT2D eigenvalue weighted by Gasteiger charge is 2.62. The molecule has 0 radical (unpaired) electrons. The average molecular weight is 286 g/mol. The van der Waals surface area contributed by atoms with Crippen molar-refractivity contribution >= 4 is 11.8 Å². The highest BCUT2D eigenvalue weighted by molar-refractivity contribution is 6.00. The van der Waals surface area contributed by atoms with Gasteiger partial charge in [0.05, 0.1) is 14.2 Å². The number of nitrogens with zero attached hydrogens (tertiary/aromatic N) is 2. The highest BCUT2D eigenvalue weighted by atomic mass is 16.5. The zero-order chi connectivity index (χ0) is 15.0. The van der Waals surface area contributed by atoms with Crippen molar-refractivity contribution in [3.63, 3.8) is 0 Å². The van der Waals surface area contributed by atoms with Crippen LogP contribution in [0.15, 0.2) is 40.3 Å². The lowest BCUT2D eigenvalue weighted by Gasteiger charge is -2.27. The second-order valence-corrected chi connectivity index (χ2v) is 6.07. The molecule has 1 fully saturated rings. The number of methoxy groups -OCH3 is 2. The molecule has 1 aliphatic carbocycles. The third-order valence-corrected chi connectivity index (χ3v) is 4.36. The molecule has 0 saturated heterocycles. The van der Waals surface area contributed by atoms with Gasteiger partial charge < -0.3 is 9.47 Å². The smallest absolute Gasteiger partial charge is 0.213 e. The minimum absolute atomic E-state index is 0.0485. The summed E-state index contributed by atoms with van der Waals surface area (Å²) in [4.78, 5) is 9.68. The molecule has 0 aromatic heterocycles. The Kier molecular flexibility index (Phi) is 3.47. The summed E-state index contributed by atoms with van der Waals surface area (Å²) >= 11 is 0. The summed E-state index contributed by atoms with van der Waals surface area (Å²) in [7, 11) is 3.36. The fraction of sp³-hybridized carbons (Fsp3) is 0.529. The van der Waals surface area contributed by atoms with E-state index in [2.05, 4.69) is 38.1 Å². The van der Waals surface area contributed by atoms with E-state index in [-0.39, 0.29) is 11.6 Å². The number of benzene rings is 1. The summed E-state index contributed by atoms with van der Waals surface area (Å²) in [6, 6.07) is 10.4. The molecule has 0 amide bonds. The second kappa shape index (κ2) is 5.17.